The summed E-state index contributed by atoms with van der Waals surface area (Å²) in [6, 6.07) is 13.5. The number of nitrogens with zero attached hydrogens (tertiary/aromatic N) is 2. The lowest BCUT2D eigenvalue weighted by Crippen LogP contribution is -2.46. The second-order valence-corrected chi connectivity index (χ2v) is 8.93. The van der Waals surface area contributed by atoms with Crippen LogP contribution in [0, 0.1) is 0 Å². The van der Waals surface area contributed by atoms with Crippen LogP contribution < -0.4 is 10.5 Å². The number of hydrogen-bond acceptors (Lipinski definition) is 4. The summed E-state index contributed by atoms with van der Waals surface area (Å²) in [6.45, 7) is 2.91. The van der Waals surface area contributed by atoms with Crippen molar-refractivity contribution in [3.63, 3.8) is 0 Å². The van der Waals surface area contributed by atoms with E-state index in [0.717, 1.165) is 49.6 Å². The summed E-state index contributed by atoms with van der Waals surface area (Å²) >= 11 is 0. The van der Waals surface area contributed by atoms with E-state index in [0.29, 0.717) is 23.1 Å². The number of hydrogen-bond donors (Lipinski definition) is 1. The number of primary amides is 1. The van der Waals surface area contributed by atoms with Crippen molar-refractivity contribution in [2.75, 3.05) is 19.6 Å². The molecule has 5 rings (SSSR count). The summed E-state index contributed by atoms with van der Waals surface area (Å²) in [7, 11) is 0. The number of benzene rings is 2. The Labute approximate surface area is 183 Å². The van der Waals surface area contributed by atoms with Crippen molar-refractivity contribution in [3.8, 4) is 11.5 Å². The number of carbonyl (C=O) groups excluding carboxylic acids is 2. The minimum absolute atomic E-state index is 0.150. The number of rotatable bonds is 5. The summed E-state index contributed by atoms with van der Waals surface area (Å²) in [5.41, 5.74) is 7.56. The van der Waals surface area contributed by atoms with Crippen molar-refractivity contribution >= 4 is 11.8 Å². The Balaban J connectivity index is 1.26. The van der Waals surface area contributed by atoms with E-state index in [1.54, 1.807) is 24.3 Å². The van der Waals surface area contributed by atoms with Crippen molar-refractivity contribution in [1.82, 2.24) is 9.80 Å². The van der Waals surface area contributed by atoms with Crippen molar-refractivity contribution in [1.29, 1.82) is 0 Å². The molecule has 0 bridgehead atoms. The van der Waals surface area contributed by atoms with E-state index >= 15 is 0 Å². The highest BCUT2D eigenvalue weighted by Gasteiger charge is 2.36. The largest absolute Gasteiger partial charge is 0.457 e. The third-order valence-corrected chi connectivity index (χ3v) is 7.04. The molecule has 1 atom stereocenters. The predicted octanol–water partition coefficient (Wildman–Crippen LogP) is 3.59. The lowest BCUT2D eigenvalue weighted by atomic mass is 9.97. The zero-order chi connectivity index (χ0) is 21.4. The van der Waals surface area contributed by atoms with Gasteiger partial charge >= 0.3 is 0 Å². The summed E-state index contributed by atoms with van der Waals surface area (Å²) in [5.74, 6) is 1.01. The van der Waals surface area contributed by atoms with Crippen LogP contribution in [0.1, 0.15) is 58.4 Å². The van der Waals surface area contributed by atoms with Crippen LogP contribution in [0.2, 0.25) is 0 Å². The monoisotopic (exact) mass is 419 g/mol. The molecule has 2 N–H and O–H groups in total. The molecule has 162 valence electrons. The third kappa shape index (κ3) is 4.04. The molecule has 2 heterocycles. The normalized spacial score (nSPS) is 22.0. The van der Waals surface area contributed by atoms with Crippen LogP contribution in [0.3, 0.4) is 0 Å². The Bertz CT molecular complexity index is 982. The summed E-state index contributed by atoms with van der Waals surface area (Å²) in [5, 5.41) is 0. The Hall–Kier alpha value is -2.86. The van der Waals surface area contributed by atoms with Gasteiger partial charge in [-0.15, -0.1) is 0 Å². The average molecular weight is 420 g/mol. The van der Waals surface area contributed by atoms with Gasteiger partial charge in [0.1, 0.15) is 11.5 Å². The number of nitrogens with two attached hydrogens (primary N) is 1. The highest BCUT2D eigenvalue weighted by molar-refractivity contribution is 5.97. The maximum atomic E-state index is 13.2. The molecular formula is C25H29N3O3. The van der Waals surface area contributed by atoms with E-state index in [-0.39, 0.29) is 5.91 Å². The van der Waals surface area contributed by atoms with Crippen molar-refractivity contribution < 1.29 is 14.3 Å². The molecule has 1 saturated heterocycles. The number of carbonyl (C=O) groups is 2. The van der Waals surface area contributed by atoms with E-state index in [4.69, 9.17) is 10.5 Å². The third-order valence-electron chi connectivity index (χ3n) is 7.04. The van der Waals surface area contributed by atoms with Gasteiger partial charge in [-0.05, 0) is 73.7 Å². The molecule has 2 aromatic carbocycles. The van der Waals surface area contributed by atoms with Gasteiger partial charge in [0, 0.05) is 42.8 Å². The number of likely N-dealkylation sites (tertiary alicyclic amines) is 1. The molecule has 1 saturated carbocycles. The van der Waals surface area contributed by atoms with Gasteiger partial charge in [-0.3, -0.25) is 14.5 Å². The SMILES string of the molecule is NC(=O)c1ccc(Oc2ccc3c(c2)CCN([C@@H]2CCN(C4CCCC4)C2)C3=O)cc1. The van der Waals surface area contributed by atoms with E-state index < -0.39 is 5.91 Å². The molecule has 6 nitrogen and oxygen atoms in total. The molecule has 2 amide bonds. The van der Waals surface area contributed by atoms with Crippen LogP contribution in [-0.4, -0.2) is 53.3 Å². The molecule has 0 aromatic heterocycles. The van der Waals surface area contributed by atoms with E-state index in [1.165, 1.54) is 25.7 Å². The zero-order valence-electron chi connectivity index (χ0n) is 17.8. The highest BCUT2D eigenvalue weighted by atomic mass is 16.5. The van der Waals surface area contributed by atoms with Crippen LogP contribution in [-0.2, 0) is 6.42 Å². The Morgan fingerprint density at radius 2 is 1.68 bits per heavy atom. The standard InChI is InChI=1S/C25H29N3O3/c26-24(29)17-5-7-21(8-6-17)31-22-9-10-23-18(15-22)11-14-28(25(23)30)20-12-13-27(16-20)19-3-1-2-4-19/h5-10,15,19-20H,1-4,11-14,16H2,(H2,26,29)/t20-/m1/s1. The predicted molar refractivity (Wildman–Crippen MR) is 118 cm³/mol. The first-order valence-corrected chi connectivity index (χ1v) is 11.3. The zero-order valence-corrected chi connectivity index (χ0v) is 17.8. The smallest absolute Gasteiger partial charge is 0.254 e. The molecule has 31 heavy (non-hydrogen) atoms. The van der Waals surface area contributed by atoms with Gasteiger partial charge in [0.05, 0.1) is 0 Å². The van der Waals surface area contributed by atoms with Crippen molar-refractivity contribution in [3.05, 3.63) is 59.2 Å². The lowest BCUT2D eigenvalue weighted by molar-refractivity contribution is 0.0658. The molecule has 2 aliphatic heterocycles. The minimum atomic E-state index is -0.461. The molecule has 0 spiro atoms. The molecule has 0 unspecified atom stereocenters. The topological polar surface area (TPSA) is 75.9 Å². The Morgan fingerprint density at radius 3 is 2.42 bits per heavy atom. The average Bonchev–Trinajstić information content (AvgIpc) is 3.46. The van der Waals surface area contributed by atoms with Gasteiger partial charge in [-0.25, -0.2) is 0 Å². The summed E-state index contributed by atoms with van der Waals surface area (Å²) in [4.78, 5) is 29.1. The van der Waals surface area contributed by atoms with Crippen LogP contribution in [0.25, 0.3) is 0 Å². The second-order valence-electron chi connectivity index (χ2n) is 8.93. The fourth-order valence-electron chi connectivity index (χ4n) is 5.34. The fourth-order valence-corrected chi connectivity index (χ4v) is 5.34. The molecule has 2 fully saturated rings. The molecule has 3 aliphatic rings. The minimum Gasteiger partial charge on any atom is -0.457 e. The first-order valence-electron chi connectivity index (χ1n) is 11.3. The number of amides is 2. The maximum Gasteiger partial charge on any atom is 0.254 e. The van der Waals surface area contributed by atoms with Crippen molar-refractivity contribution in [2.24, 2.45) is 5.73 Å². The van der Waals surface area contributed by atoms with Crippen molar-refractivity contribution in [2.45, 2.75) is 50.6 Å². The first-order chi connectivity index (χ1) is 15.1. The summed E-state index contributed by atoms with van der Waals surface area (Å²) < 4.78 is 5.93. The fraction of sp³-hybridized carbons (Fsp3) is 0.440. The quantitative estimate of drug-likeness (QED) is 0.804. The number of fused-ring (bicyclic) bond motifs is 1. The second kappa shape index (κ2) is 8.35. The van der Waals surface area contributed by atoms with Crippen LogP contribution >= 0.6 is 0 Å². The number of ether oxygens (including phenoxy) is 1. The van der Waals surface area contributed by atoms with E-state index in [9.17, 15) is 9.59 Å². The molecule has 6 heteroatoms. The van der Waals surface area contributed by atoms with E-state index in [2.05, 4.69) is 9.80 Å². The van der Waals surface area contributed by atoms with Gasteiger partial charge in [0.25, 0.3) is 5.91 Å². The molecular weight excluding hydrogens is 390 g/mol. The van der Waals surface area contributed by atoms with Crippen LogP contribution in [0.15, 0.2) is 42.5 Å². The molecule has 2 aromatic rings. The lowest BCUT2D eigenvalue weighted by Gasteiger charge is -2.34. The van der Waals surface area contributed by atoms with Gasteiger partial charge in [-0.1, -0.05) is 12.8 Å². The van der Waals surface area contributed by atoms with Gasteiger partial charge in [0.15, 0.2) is 0 Å². The Kier molecular flexibility index (Phi) is 5.40. The maximum absolute atomic E-state index is 13.2. The summed E-state index contributed by atoms with van der Waals surface area (Å²) in [6.07, 6.45) is 7.26. The molecule has 1 aliphatic carbocycles. The van der Waals surface area contributed by atoms with Crippen LogP contribution in [0.4, 0.5) is 0 Å². The van der Waals surface area contributed by atoms with E-state index in [1.807, 2.05) is 18.2 Å². The molecule has 0 radical (unpaired) electrons. The highest BCUT2D eigenvalue weighted by Crippen LogP contribution is 2.32. The Morgan fingerprint density at radius 1 is 0.935 bits per heavy atom. The van der Waals surface area contributed by atoms with Gasteiger partial charge in [0.2, 0.25) is 5.91 Å². The first kappa shape index (κ1) is 20.1. The van der Waals surface area contributed by atoms with Crippen LogP contribution in [0.5, 0.6) is 11.5 Å². The van der Waals surface area contributed by atoms with Gasteiger partial charge < -0.3 is 15.4 Å². The van der Waals surface area contributed by atoms with Gasteiger partial charge in [-0.2, -0.15) is 0 Å².